The van der Waals surface area contributed by atoms with Gasteiger partial charge in [-0.25, -0.2) is 0 Å². The molecule has 0 rings (SSSR count). The van der Waals surface area contributed by atoms with Gasteiger partial charge in [0.25, 0.3) is 0 Å². The maximum Gasteiger partial charge on any atom is 0.319 e. The van der Waals surface area contributed by atoms with E-state index in [4.69, 9.17) is 9.84 Å². The minimum atomic E-state index is -1.31. The maximum atomic E-state index is 11.3. The highest BCUT2D eigenvalue weighted by atomic mass is 32.2. The second-order valence-corrected chi connectivity index (χ2v) is 4.26. The van der Waals surface area contributed by atoms with E-state index in [1.54, 1.807) is 6.92 Å². The first kappa shape index (κ1) is 12.6. The van der Waals surface area contributed by atoms with E-state index in [1.807, 2.05) is 6.92 Å². The molecule has 5 heteroatoms. The van der Waals surface area contributed by atoms with Crippen molar-refractivity contribution in [3.63, 3.8) is 0 Å². The molecule has 0 aliphatic carbocycles. The molecule has 0 aromatic carbocycles. The molecule has 4 nitrogen and oxygen atoms in total. The summed E-state index contributed by atoms with van der Waals surface area (Å²) in [5.41, 5.74) is 0. The topological polar surface area (TPSA) is 63.6 Å². The summed E-state index contributed by atoms with van der Waals surface area (Å²) in [5.74, 6) is -0.684. The monoisotopic (exact) mass is 208 g/mol. The zero-order valence-corrected chi connectivity index (χ0v) is 8.80. The Morgan fingerprint density at radius 1 is 1.54 bits per heavy atom. The van der Waals surface area contributed by atoms with Gasteiger partial charge in [-0.15, -0.1) is 0 Å². The van der Waals surface area contributed by atoms with Crippen LogP contribution in [0, 0.1) is 0 Å². The second-order valence-electron chi connectivity index (χ2n) is 2.52. The molecule has 13 heavy (non-hydrogen) atoms. The molecule has 78 valence electrons. The Morgan fingerprint density at radius 2 is 2.15 bits per heavy atom. The molecule has 0 amide bonds. The van der Waals surface area contributed by atoms with Crippen LogP contribution in [0.3, 0.4) is 0 Å². The minimum Gasteiger partial charge on any atom is -0.480 e. The summed E-state index contributed by atoms with van der Waals surface area (Å²) < 4.78 is 16.3. The molecule has 0 spiro atoms. The third-order valence-electron chi connectivity index (χ3n) is 1.60. The number of hydrogen-bond donors (Lipinski definition) is 1. The van der Waals surface area contributed by atoms with E-state index in [-0.39, 0.29) is 0 Å². The van der Waals surface area contributed by atoms with E-state index in [2.05, 4.69) is 0 Å². The molecule has 0 fully saturated rings. The highest BCUT2D eigenvalue weighted by Gasteiger charge is 2.21. The SMILES string of the molecule is CCOCCS(=O)C(CC)C(=O)O. The van der Waals surface area contributed by atoms with E-state index in [0.29, 0.717) is 25.4 Å². The van der Waals surface area contributed by atoms with Crippen LogP contribution in [0.25, 0.3) is 0 Å². The van der Waals surface area contributed by atoms with Crippen molar-refractivity contribution in [1.82, 2.24) is 0 Å². The van der Waals surface area contributed by atoms with Crippen LogP contribution in [0.5, 0.6) is 0 Å². The van der Waals surface area contributed by atoms with Gasteiger partial charge in [0, 0.05) is 23.2 Å². The summed E-state index contributed by atoms with van der Waals surface area (Å²) in [7, 11) is -1.31. The summed E-state index contributed by atoms with van der Waals surface area (Å²) in [6, 6.07) is 0. The number of rotatable bonds is 7. The third kappa shape index (κ3) is 5.00. The molecule has 0 heterocycles. The molecule has 0 aromatic rings. The van der Waals surface area contributed by atoms with E-state index >= 15 is 0 Å². The van der Waals surface area contributed by atoms with E-state index < -0.39 is 22.0 Å². The quantitative estimate of drug-likeness (QED) is 0.623. The highest BCUT2D eigenvalue weighted by Crippen LogP contribution is 2.02. The van der Waals surface area contributed by atoms with Gasteiger partial charge in [0.05, 0.1) is 6.61 Å². The van der Waals surface area contributed by atoms with Gasteiger partial charge >= 0.3 is 5.97 Å². The van der Waals surface area contributed by atoms with E-state index in [9.17, 15) is 9.00 Å². The second kappa shape index (κ2) is 7.03. The molecular formula is C8H16O4S. The highest BCUT2D eigenvalue weighted by molar-refractivity contribution is 7.86. The van der Waals surface area contributed by atoms with Crippen molar-refractivity contribution in [2.75, 3.05) is 19.0 Å². The molecule has 0 saturated carbocycles. The first-order valence-electron chi connectivity index (χ1n) is 4.31. The molecule has 0 aliphatic heterocycles. The van der Waals surface area contributed by atoms with Crippen LogP contribution >= 0.6 is 0 Å². The summed E-state index contributed by atoms with van der Waals surface area (Å²) in [6.07, 6.45) is 0.397. The molecule has 2 atom stereocenters. The smallest absolute Gasteiger partial charge is 0.319 e. The van der Waals surface area contributed by atoms with Gasteiger partial charge in [-0.1, -0.05) is 6.92 Å². The number of carboxylic acid groups (broad SMARTS) is 1. The Morgan fingerprint density at radius 3 is 2.54 bits per heavy atom. The Kier molecular flexibility index (Phi) is 6.80. The Labute approximate surface area is 80.7 Å². The lowest BCUT2D eigenvalue weighted by molar-refractivity contribution is -0.136. The lowest BCUT2D eigenvalue weighted by Crippen LogP contribution is -2.27. The van der Waals surface area contributed by atoms with Crippen LogP contribution in [0.4, 0.5) is 0 Å². The van der Waals surface area contributed by atoms with Gasteiger partial charge in [-0.3, -0.25) is 9.00 Å². The molecule has 0 bridgehead atoms. The van der Waals surface area contributed by atoms with Gasteiger partial charge in [-0.2, -0.15) is 0 Å². The fraction of sp³-hybridized carbons (Fsp3) is 0.875. The third-order valence-corrected chi connectivity index (χ3v) is 3.34. The number of aliphatic carboxylic acids is 1. The average Bonchev–Trinajstić information content (AvgIpc) is 2.05. The number of carboxylic acids is 1. The summed E-state index contributed by atoms with van der Waals surface area (Å²) in [4.78, 5) is 10.6. The van der Waals surface area contributed by atoms with Gasteiger partial charge in [-0.05, 0) is 13.3 Å². The lowest BCUT2D eigenvalue weighted by Gasteiger charge is -2.08. The average molecular weight is 208 g/mol. The zero-order valence-electron chi connectivity index (χ0n) is 7.99. The first-order chi connectivity index (χ1) is 6.13. The number of hydrogen-bond acceptors (Lipinski definition) is 3. The van der Waals surface area contributed by atoms with E-state index in [1.165, 1.54) is 0 Å². The van der Waals surface area contributed by atoms with Crippen LogP contribution < -0.4 is 0 Å². The standard InChI is InChI=1S/C8H16O4S/c1-3-7(8(9)10)13(11)6-5-12-4-2/h7H,3-6H2,1-2H3,(H,9,10). The van der Waals surface area contributed by atoms with Gasteiger partial charge in [0.2, 0.25) is 0 Å². The van der Waals surface area contributed by atoms with Gasteiger partial charge < -0.3 is 9.84 Å². The fourth-order valence-electron chi connectivity index (χ4n) is 0.901. The predicted octanol–water partition coefficient (Wildman–Crippen LogP) is 0.635. The van der Waals surface area contributed by atoms with Gasteiger partial charge in [0.15, 0.2) is 0 Å². The Hall–Kier alpha value is -0.420. The molecule has 1 N–H and O–H groups in total. The van der Waals surface area contributed by atoms with Crippen molar-refractivity contribution in [2.45, 2.75) is 25.5 Å². The van der Waals surface area contributed by atoms with Crippen molar-refractivity contribution >= 4 is 16.8 Å². The fourth-order valence-corrected chi connectivity index (χ4v) is 2.06. The maximum absolute atomic E-state index is 11.3. The van der Waals surface area contributed by atoms with Crippen LogP contribution in [0.2, 0.25) is 0 Å². The van der Waals surface area contributed by atoms with E-state index in [0.717, 1.165) is 0 Å². The van der Waals surface area contributed by atoms with Crippen molar-refractivity contribution in [1.29, 1.82) is 0 Å². The van der Waals surface area contributed by atoms with Crippen molar-refractivity contribution in [3.05, 3.63) is 0 Å². The van der Waals surface area contributed by atoms with Crippen molar-refractivity contribution in [3.8, 4) is 0 Å². The first-order valence-corrected chi connectivity index (χ1v) is 5.69. The predicted molar refractivity (Wildman–Crippen MR) is 51.2 cm³/mol. The number of ether oxygens (including phenoxy) is 1. The summed E-state index contributed by atoms with van der Waals surface area (Å²) in [5, 5.41) is 7.92. The molecule has 2 unspecified atom stereocenters. The van der Waals surface area contributed by atoms with Crippen molar-refractivity contribution < 1.29 is 18.8 Å². The zero-order chi connectivity index (χ0) is 10.3. The molecular weight excluding hydrogens is 192 g/mol. The summed E-state index contributed by atoms with van der Waals surface area (Å²) >= 11 is 0. The molecule has 0 radical (unpaired) electrons. The van der Waals surface area contributed by atoms with Crippen LogP contribution in [-0.2, 0) is 20.3 Å². The molecule has 0 aliphatic rings. The van der Waals surface area contributed by atoms with Crippen LogP contribution in [-0.4, -0.2) is 39.5 Å². The minimum absolute atomic E-state index is 0.304. The normalized spacial score (nSPS) is 15.2. The Bertz CT molecular complexity index is 181. The van der Waals surface area contributed by atoms with Crippen LogP contribution in [0.15, 0.2) is 0 Å². The largest absolute Gasteiger partial charge is 0.480 e. The summed E-state index contributed by atoms with van der Waals surface area (Å²) in [6.45, 7) is 4.50. The van der Waals surface area contributed by atoms with Crippen LogP contribution in [0.1, 0.15) is 20.3 Å². The lowest BCUT2D eigenvalue weighted by atomic mass is 10.3. The molecule has 0 saturated heterocycles. The van der Waals surface area contributed by atoms with Gasteiger partial charge in [0.1, 0.15) is 5.25 Å². The number of carbonyl (C=O) groups is 1. The van der Waals surface area contributed by atoms with Crippen molar-refractivity contribution in [2.24, 2.45) is 0 Å². The Balaban J connectivity index is 3.85. The molecule has 0 aromatic heterocycles.